The fraction of sp³-hybridized carbons (Fsp3) is 0.222. The van der Waals surface area contributed by atoms with Crippen molar-refractivity contribution >= 4 is 23.4 Å². The lowest BCUT2D eigenvalue weighted by Gasteiger charge is -2.13. The van der Waals surface area contributed by atoms with Crippen LogP contribution in [-0.2, 0) is 11.0 Å². The number of hydrogen-bond donors (Lipinski definition) is 1. The second-order valence-corrected chi connectivity index (χ2v) is 7.34. The quantitative estimate of drug-likeness (QED) is 0.645. The number of tetrazole rings is 1. The van der Waals surface area contributed by atoms with E-state index in [9.17, 15) is 18.0 Å². The van der Waals surface area contributed by atoms with Crippen LogP contribution in [0.1, 0.15) is 18.1 Å². The van der Waals surface area contributed by atoms with Crippen molar-refractivity contribution in [1.29, 1.82) is 0 Å². The van der Waals surface area contributed by atoms with E-state index in [4.69, 9.17) is 0 Å². The van der Waals surface area contributed by atoms with Gasteiger partial charge in [0.1, 0.15) is 0 Å². The highest BCUT2D eigenvalue weighted by Crippen LogP contribution is 2.31. The molecule has 0 radical (unpaired) electrons. The molecule has 146 valence electrons. The zero-order valence-corrected chi connectivity index (χ0v) is 15.8. The van der Waals surface area contributed by atoms with Crippen LogP contribution in [0.2, 0.25) is 0 Å². The van der Waals surface area contributed by atoms with Gasteiger partial charge < -0.3 is 5.32 Å². The van der Waals surface area contributed by atoms with Crippen molar-refractivity contribution in [1.82, 2.24) is 20.2 Å². The molecular weight excluding hydrogens is 391 g/mol. The summed E-state index contributed by atoms with van der Waals surface area (Å²) < 4.78 is 39.9. The van der Waals surface area contributed by atoms with Gasteiger partial charge in [0.05, 0.1) is 16.5 Å². The lowest BCUT2D eigenvalue weighted by molar-refractivity contribution is -0.137. The summed E-state index contributed by atoms with van der Waals surface area (Å²) in [5.41, 5.74) is 1.07. The molecule has 3 rings (SSSR count). The fourth-order valence-electron chi connectivity index (χ4n) is 2.33. The second kappa shape index (κ2) is 8.01. The summed E-state index contributed by atoms with van der Waals surface area (Å²) in [5.74, 6) is -0.456. The molecular formula is C18H16F3N5OS. The first-order chi connectivity index (χ1) is 13.2. The van der Waals surface area contributed by atoms with E-state index in [1.807, 2.05) is 31.2 Å². The lowest BCUT2D eigenvalue weighted by Crippen LogP contribution is -2.23. The molecule has 0 spiro atoms. The molecule has 0 bridgehead atoms. The van der Waals surface area contributed by atoms with E-state index in [0.717, 1.165) is 35.1 Å². The first-order valence-corrected chi connectivity index (χ1v) is 9.12. The van der Waals surface area contributed by atoms with Gasteiger partial charge in [-0.25, -0.2) is 0 Å². The molecule has 28 heavy (non-hydrogen) atoms. The van der Waals surface area contributed by atoms with Crippen LogP contribution in [-0.4, -0.2) is 31.4 Å². The van der Waals surface area contributed by atoms with Gasteiger partial charge in [-0.3, -0.25) is 4.79 Å². The Hall–Kier alpha value is -2.88. The molecule has 0 aliphatic carbocycles. The van der Waals surface area contributed by atoms with Crippen molar-refractivity contribution in [2.45, 2.75) is 30.4 Å². The number of aryl methyl sites for hydroxylation is 1. The molecule has 1 N–H and O–H groups in total. The lowest BCUT2D eigenvalue weighted by atomic mass is 10.2. The highest BCUT2D eigenvalue weighted by molar-refractivity contribution is 8.00. The number of rotatable bonds is 5. The highest BCUT2D eigenvalue weighted by atomic mass is 32.2. The normalized spacial score (nSPS) is 12.6. The van der Waals surface area contributed by atoms with Crippen LogP contribution in [0.3, 0.4) is 0 Å². The smallest absolute Gasteiger partial charge is 0.325 e. The van der Waals surface area contributed by atoms with Crippen molar-refractivity contribution in [3.63, 3.8) is 0 Å². The molecule has 0 saturated heterocycles. The maximum absolute atomic E-state index is 12.8. The number of nitrogens with zero attached hydrogens (tertiary/aromatic N) is 4. The van der Waals surface area contributed by atoms with Gasteiger partial charge in [-0.15, -0.1) is 5.10 Å². The summed E-state index contributed by atoms with van der Waals surface area (Å²) in [6.45, 7) is 3.58. The average Bonchev–Trinajstić information content (AvgIpc) is 3.10. The van der Waals surface area contributed by atoms with Crippen molar-refractivity contribution in [3.05, 3.63) is 59.7 Å². The number of halogens is 3. The standard InChI is InChI=1S/C18H16F3N5OS/c1-11-6-8-15(9-7-11)26-17(23-24-25-26)28-12(2)16(27)22-14-5-3-4-13(10-14)18(19,20)21/h3-10,12H,1-2H3,(H,22,27)/t12-/m0/s1. The van der Waals surface area contributed by atoms with Crippen LogP contribution >= 0.6 is 11.8 Å². The summed E-state index contributed by atoms with van der Waals surface area (Å²) in [5, 5.41) is 13.8. The van der Waals surface area contributed by atoms with Gasteiger partial charge in [0.15, 0.2) is 0 Å². The first-order valence-electron chi connectivity index (χ1n) is 8.24. The SMILES string of the molecule is Cc1ccc(-n2nnnc2S[C@@H](C)C(=O)Nc2cccc(C(F)(F)F)c2)cc1. The second-order valence-electron chi connectivity index (χ2n) is 6.04. The molecule has 0 aliphatic rings. The van der Waals surface area contributed by atoms with Crippen LogP contribution < -0.4 is 5.32 Å². The number of carbonyl (C=O) groups is 1. The van der Waals surface area contributed by atoms with Gasteiger partial charge in [-0.05, 0) is 54.6 Å². The molecule has 1 heterocycles. The Bertz CT molecular complexity index is 972. The van der Waals surface area contributed by atoms with E-state index in [0.29, 0.717) is 5.16 Å². The Labute approximate surface area is 163 Å². The summed E-state index contributed by atoms with van der Waals surface area (Å²) in [6, 6.07) is 12.0. The fourth-order valence-corrected chi connectivity index (χ4v) is 3.14. The molecule has 0 fully saturated rings. The molecule has 1 amide bonds. The minimum absolute atomic E-state index is 0.0744. The Kier molecular flexibility index (Phi) is 5.68. The zero-order valence-electron chi connectivity index (χ0n) is 14.9. The van der Waals surface area contributed by atoms with Crippen molar-refractivity contribution in [2.24, 2.45) is 0 Å². The van der Waals surface area contributed by atoms with Gasteiger partial charge in [0, 0.05) is 5.69 Å². The average molecular weight is 407 g/mol. The van der Waals surface area contributed by atoms with Crippen LogP contribution in [0.25, 0.3) is 5.69 Å². The predicted octanol–water partition coefficient (Wildman–Crippen LogP) is 4.11. The molecule has 2 aromatic carbocycles. The summed E-state index contributed by atoms with van der Waals surface area (Å²) in [7, 11) is 0. The Balaban J connectivity index is 1.71. The van der Waals surface area contributed by atoms with Crippen molar-refractivity contribution in [3.8, 4) is 5.69 Å². The number of hydrogen-bond acceptors (Lipinski definition) is 5. The van der Waals surface area contributed by atoms with Crippen molar-refractivity contribution in [2.75, 3.05) is 5.32 Å². The predicted molar refractivity (Wildman–Crippen MR) is 99.3 cm³/mol. The van der Waals surface area contributed by atoms with Gasteiger partial charge in [0.2, 0.25) is 11.1 Å². The summed E-state index contributed by atoms with van der Waals surface area (Å²) in [6.07, 6.45) is -4.47. The van der Waals surface area contributed by atoms with Crippen LogP contribution in [0.4, 0.5) is 18.9 Å². The van der Waals surface area contributed by atoms with Gasteiger partial charge >= 0.3 is 6.18 Å². The molecule has 10 heteroatoms. The van der Waals surface area contributed by atoms with Crippen LogP contribution in [0.15, 0.2) is 53.7 Å². The molecule has 0 saturated carbocycles. The Morgan fingerprint density at radius 3 is 2.57 bits per heavy atom. The minimum atomic E-state index is -4.47. The van der Waals surface area contributed by atoms with Crippen LogP contribution in [0, 0.1) is 6.92 Å². The number of amides is 1. The van der Waals surface area contributed by atoms with E-state index < -0.39 is 22.9 Å². The van der Waals surface area contributed by atoms with Gasteiger partial charge in [-0.1, -0.05) is 35.5 Å². The van der Waals surface area contributed by atoms with E-state index in [2.05, 4.69) is 20.8 Å². The third kappa shape index (κ3) is 4.69. The first kappa shape index (κ1) is 19.9. The number of benzene rings is 2. The van der Waals surface area contributed by atoms with E-state index in [1.54, 1.807) is 6.92 Å². The van der Waals surface area contributed by atoms with Gasteiger partial charge in [-0.2, -0.15) is 17.9 Å². The van der Waals surface area contributed by atoms with E-state index in [1.165, 1.54) is 16.8 Å². The highest BCUT2D eigenvalue weighted by Gasteiger charge is 2.30. The number of carbonyl (C=O) groups excluding carboxylic acids is 1. The molecule has 6 nitrogen and oxygen atoms in total. The Morgan fingerprint density at radius 1 is 1.18 bits per heavy atom. The monoisotopic (exact) mass is 407 g/mol. The molecule has 1 atom stereocenters. The number of anilines is 1. The molecule has 1 aromatic heterocycles. The molecule has 0 unspecified atom stereocenters. The molecule has 0 aliphatic heterocycles. The van der Waals surface area contributed by atoms with Gasteiger partial charge in [0.25, 0.3) is 0 Å². The zero-order chi connectivity index (χ0) is 20.3. The third-order valence-electron chi connectivity index (χ3n) is 3.83. The number of thioether (sulfide) groups is 1. The Morgan fingerprint density at radius 2 is 1.89 bits per heavy atom. The largest absolute Gasteiger partial charge is 0.416 e. The maximum atomic E-state index is 12.8. The maximum Gasteiger partial charge on any atom is 0.416 e. The van der Waals surface area contributed by atoms with E-state index in [-0.39, 0.29) is 5.69 Å². The number of nitrogens with one attached hydrogen (secondary N) is 1. The third-order valence-corrected chi connectivity index (χ3v) is 4.86. The van der Waals surface area contributed by atoms with Crippen molar-refractivity contribution < 1.29 is 18.0 Å². The topological polar surface area (TPSA) is 72.7 Å². The minimum Gasteiger partial charge on any atom is -0.325 e. The molecule has 3 aromatic rings. The summed E-state index contributed by atoms with van der Waals surface area (Å²) in [4.78, 5) is 12.4. The number of alkyl halides is 3. The summed E-state index contributed by atoms with van der Waals surface area (Å²) >= 11 is 1.11. The van der Waals surface area contributed by atoms with E-state index >= 15 is 0 Å². The van der Waals surface area contributed by atoms with Crippen LogP contribution in [0.5, 0.6) is 0 Å². The number of aromatic nitrogens is 4.